The lowest BCUT2D eigenvalue weighted by atomic mass is 10.1. The molecule has 6 heteroatoms. The summed E-state index contributed by atoms with van der Waals surface area (Å²) in [6.07, 6.45) is 0. The molecule has 0 saturated heterocycles. The highest BCUT2D eigenvalue weighted by Crippen LogP contribution is 2.19. The van der Waals surface area contributed by atoms with Gasteiger partial charge in [0.15, 0.2) is 0 Å². The molecular weight excluding hydrogens is 348 g/mol. The summed E-state index contributed by atoms with van der Waals surface area (Å²) in [7, 11) is 0. The van der Waals surface area contributed by atoms with Crippen LogP contribution in [0.4, 0.5) is 11.5 Å². The summed E-state index contributed by atoms with van der Waals surface area (Å²) >= 11 is 5.86. The number of rotatable bonds is 5. The van der Waals surface area contributed by atoms with Crippen LogP contribution >= 0.6 is 11.6 Å². The van der Waals surface area contributed by atoms with Crippen molar-refractivity contribution in [1.82, 2.24) is 9.97 Å². The van der Waals surface area contributed by atoms with Gasteiger partial charge < -0.3 is 10.6 Å². The van der Waals surface area contributed by atoms with Gasteiger partial charge in [0.1, 0.15) is 17.3 Å². The van der Waals surface area contributed by atoms with E-state index in [0.29, 0.717) is 28.0 Å². The van der Waals surface area contributed by atoms with E-state index in [-0.39, 0.29) is 11.9 Å². The molecule has 0 fully saturated rings. The molecular formula is C20H19ClN4O. The maximum absolute atomic E-state index is 12.5. The first-order chi connectivity index (χ1) is 12.5. The van der Waals surface area contributed by atoms with Crippen LogP contribution in [0, 0.1) is 6.92 Å². The highest BCUT2D eigenvalue weighted by atomic mass is 35.5. The van der Waals surface area contributed by atoms with Crippen LogP contribution in [0.25, 0.3) is 0 Å². The van der Waals surface area contributed by atoms with E-state index in [1.54, 1.807) is 37.3 Å². The summed E-state index contributed by atoms with van der Waals surface area (Å²) in [5.41, 5.74) is 2.09. The van der Waals surface area contributed by atoms with Gasteiger partial charge in [-0.2, -0.15) is 0 Å². The van der Waals surface area contributed by atoms with Gasteiger partial charge in [0.2, 0.25) is 0 Å². The minimum absolute atomic E-state index is 0.0534. The number of carbonyl (C=O) groups is 1. The topological polar surface area (TPSA) is 66.9 Å². The molecule has 3 aromatic rings. The molecule has 2 N–H and O–H groups in total. The fourth-order valence-electron chi connectivity index (χ4n) is 2.53. The smallest absolute Gasteiger partial charge is 0.274 e. The normalized spacial score (nSPS) is 11.7. The van der Waals surface area contributed by atoms with Crippen molar-refractivity contribution in [2.75, 3.05) is 10.6 Å². The van der Waals surface area contributed by atoms with E-state index in [0.717, 1.165) is 5.56 Å². The molecule has 0 aliphatic carbocycles. The molecule has 2 aromatic carbocycles. The standard InChI is InChI=1S/C20H19ClN4O/c1-13(15-6-4-3-5-7-15)22-19-12-18(23-14(2)24-19)20(26)25-17-10-8-16(21)9-11-17/h3-13H,1-2H3,(H,25,26)(H,22,23,24). The van der Waals surface area contributed by atoms with E-state index in [1.807, 2.05) is 37.3 Å². The number of nitrogens with zero attached hydrogens (tertiary/aromatic N) is 2. The minimum Gasteiger partial charge on any atom is -0.363 e. The number of nitrogens with one attached hydrogen (secondary N) is 2. The van der Waals surface area contributed by atoms with Crippen LogP contribution < -0.4 is 10.6 Å². The van der Waals surface area contributed by atoms with Gasteiger partial charge in [0, 0.05) is 22.8 Å². The molecule has 0 aliphatic rings. The summed E-state index contributed by atoms with van der Waals surface area (Å²) < 4.78 is 0. The van der Waals surface area contributed by atoms with Crippen LogP contribution in [-0.2, 0) is 0 Å². The van der Waals surface area contributed by atoms with Gasteiger partial charge in [-0.15, -0.1) is 0 Å². The molecule has 3 rings (SSSR count). The van der Waals surface area contributed by atoms with Gasteiger partial charge in [-0.1, -0.05) is 41.9 Å². The zero-order valence-electron chi connectivity index (χ0n) is 14.5. The van der Waals surface area contributed by atoms with Crippen LogP contribution in [0.3, 0.4) is 0 Å². The maximum atomic E-state index is 12.5. The first-order valence-electron chi connectivity index (χ1n) is 8.25. The van der Waals surface area contributed by atoms with Crippen LogP contribution in [0.1, 0.15) is 34.8 Å². The summed E-state index contributed by atoms with van der Waals surface area (Å²) in [4.78, 5) is 21.1. The predicted octanol–water partition coefficient (Wildman–Crippen LogP) is 4.86. The fraction of sp³-hybridized carbons (Fsp3) is 0.150. The summed E-state index contributed by atoms with van der Waals surface area (Å²) in [5.74, 6) is 0.833. The van der Waals surface area contributed by atoms with Crippen molar-refractivity contribution in [2.45, 2.75) is 19.9 Å². The molecule has 1 atom stereocenters. The molecule has 1 aromatic heterocycles. The Kier molecular flexibility index (Phi) is 5.49. The van der Waals surface area contributed by atoms with E-state index in [1.165, 1.54) is 0 Å². The molecule has 0 saturated carbocycles. The predicted molar refractivity (Wildman–Crippen MR) is 105 cm³/mol. The van der Waals surface area contributed by atoms with Crippen LogP contribution in [0.5, 0.6) is 0 Å². The second-order valence-electron chi connectivity index (χ2n) is 5.92. The monoisotopic (exact) mass is 366 g/mol. The Balaban J connectivity index is 1.76. The molecule has 0 aliphatic heterocycles. The lowest BCUT2D eigenvalue weighted by molar-refractivity contribution is 0.102. The molecule has 0 bridgehead atoms. The highest BCUT2D eigenvalue weighted by molar-refractivity contribution is 6.30. The lowest BCUT2D eigenvalue weighted by Gasteiger charge is -2.16. The number of amides is 1. The van der Waals surface area contributed by atoms with E-state index >= 15 is 0 Å². The number of halogens is 1. The van der Waals surface area contributed by atoms with E-state index in [2.05, 4.69) is 20.6 Å². The third-order valence-corrected chi connectivity index (χ3v) is 4.09. The Morgan fingerprint density at radius 2 is 1.73 bits per heavy atom. The Morgan fingerprint density at radius 1 is 1.04 bits per heavy atom. The van der Waals surface area contributed by atoms with Gasteiger partial charge in [-0.25, -0.2) is 9.97 Å². The molecule has 0 spiro atoms. The molecule has 26 heavy (non-hydrogen) atoms. The zero-order chi connectivity index (χ0) is 18.5. The average Bonchev–Trinajstić information content (AvgIpc) is 2.64. The molecule has 0 radical (unpaired) electrons. The molecule has 1 amide bonds. The van der Waals surface area contributed by atoms with Gasteiger partial charge >= 0.3 is 0 Å². The fourth-order valence-corrected chi connectivity index (χ4v) is 2.66. The SMILES string of the molecule is Cc1nc(NC(C)c2ccccc2)cc(C(=O)Nc2ccc(Cl)cc2)n1. The highest BCUT2D eigenvalue weighted by Gasteiger charge is 2.13. The van der Waals surface area contributed by atoms with Crippen molar-refractivity contribution in [1.29, 1.82) is 0 Å². The largest absolute Gasteiger partial charge is 0.363 e. The van der Waals surface area contributed by atoms with Gasteiger partial charge in [-0.3, -0.25) is 4.79 Å². The zero-order valence-corrected chi connectivity index (χ0v) is 15.3. The van der Waals surface area contributed by atoms with Gasteiger partial charge in [0.05, 0.1) is 0 Å². The minimum atomic E-state index is -0.298. The Morgan fingerprint density at radius 3 is 2.42 bits per heavy atom. The van der Waals surface area contributed by atoms with Crippen LogP contribution in [0.15, 0.2) is 60.7 Å². The van der Waals surface area contributed by atoms with E-state index in [9.17, 15) is 4.79 Å². The second kappa shape index (κ2) is 7.97. The average molecular weight is 367 g/mol. The Hall–Kier alpha value is -2.92. The second-order valence-corrected chi connectivity index (χ2v) is 6.36. The third kappa shape index (κ3) is 4.58. The van der Waals surface area contributed by atoms with Crippen molar-refractivity contribution in [3.05, 3.63) is 82.8 Å². The summed E-state index contributed by atoms with van der Waals surface area (Å²) in [6.45, 7) is 3.80. The number of hydrogen-bond acceptors (Lipinski definition) is 4. The number of anilines is 2. The lowest BCUT2D eigenvalue weighted by Crippen LogP contribution is -2.16. The molecule has 1 heterocycles. The van der Waals surface area contributed by atoms with Crippen LogP contribution in [0.2, 0.25) is 5.02 Å². The Bertz CT molecular complexity index is 897. The van der Waals surface area contributed by atoms with E-state index < -0.39 is 0 Å². The molecule has 1 unspecified atom stereocenters. The van der Waals surface area contributed by atoms with Crippen LogP contribution in [-0.4, -0.2) is 15.9 Å². The van der Waals surface area contributed by atoms with Crippen molar-refractivity contribution < 1.29 is 4.79 Å². The first kappa shape index (κ1) is 17.9. The van der Waals surface area contributed by atoms with E-state index in [4.69, 9.17) is 11.6 Å². The maximum Gasteiger partial charge on any atom is 0.274 e. The number of aryl methyl sites for hydroxylation is 1. The third-order valence-electron chi connectivity index (χ3n) is 3.84. The number of benzene rings is 2. The van der Waals surface area contributed by atoms with Crippen molar-refractivity contribution in [3.8, 4) is 0 Å². The van der Waals surface area contributed by atoms with Gasteiger partial charge in [0.25, 0.3) is 5.91 Å². The molecule has 5 nitrogen and oxygen atoms in total. The van der Waals surface area contributed by atoms with Crippen molar-refractivity contribution in [3.63, 3.8) is 0 Å². The van der Waals surface area contributed by atoms with Gasteiger partial charge in [-0.05, 0) is 43.7 Å². The number of hydrogen-bond donors (Lipinski definition) is 2. The Labute approximate surface area is 157 Å². The summed E-state index contributed by atoms with van der Waals surface area (Å²) in [6, 6.07) is 18.7. The summed E-state index contributed by atoms with van der Waals surface area (Å²) in [5, 5.41) is 6.74. The number of carbonyl (C=O) groups excluding carboxylic acids is 1. The van der Waals surface area contributed by atoms with Crippen molar-refractivity contribution in [2.24, 2.45) is 0 Å². The quantitative estimate of drug-likeness (QED) is 0.676. The first-order valence-corrected chi connectivity index (χ1v) is 8.63. The molecule has 132 valence electrons. The van der Waals surface area contributed by atoms with Crippen molar-refractivity contribution >= 4 is 29.0 Å². The number of aromatic nitrogens is 2.